The van der Waals surface area contributed by atoms with Crippen molar-refractivity contribution in [3.8, 4) is 6.07 Å². The van der Waals surface area contributed by atoms with Gasteiger partial charge in [-0.15, -0.1) is 0 Å². The Balaban J connectivity index is 2.01. The van der Waals surface area contributed by atoms with Crippen molar-refractivity contribution < 1.29 is 0 Å². The minimum absolute atomic E-state index is 0.384. The number of nitrogens with zero attached hydrogens (tertiary/aromatic N) is 2. The average Bonchev–Trinajstić information content (AvgIpc) is 2.43. The summed E-state index contributed by atoms with van der Waals surface area (Å²) in [4.78, 5) is 4.15. The maximum Gasteiger partial charge on any atom is 0.146 e. The lowest BCUT2D eigenvalue weighted by Gasteiger charge is -2.09. The van der Waals surface area contributed by atoms with E-state index in [1.165, 1.54) is 11.1 Å². The highest BCUT2D eigenvalue weighted by atomic mass is 35.5. The maximum absolute atomic E-state index is 8.89. The Hall–Kier alpha value is -2.05. The Morgan fingerprint density at radius 2 is 2.11 bits per heavy atom. The molecule has 0 saturated heterocycles. The fourth-order valence-corrected chi connectivity index (χ4v) is 2.08. The number of anilines is 1. The van der Waals surface area contributed by atoms with Crippen LogP contribution in [0.3, 0.4) is 0 Å². The van der Waals surface area contributed by atoms with Crippen LogP contribution in [-0.4, -0.2) is 11.5 Å². The van der Waals surface area contributed by atoms with Gasteiger partial charge in [-0.3, -0.25) is 0 Å². The van der Waals surface area contributed by atoms with Crippen molar-refractivity contribution in [2.24, 2.45) is 0 Å². The van der Waals surface area contributed by atoms with Crippen LogP contribution < -0.4 is 5.32 Å². The van der Waals surface area contributed by atoms with Crippen LogP contribution in [-0.2, 0) is 6.42 Å². The molecule has 4 heteroatoms. The molecule has 96 valence electrons. The highest BCUT2D eigenvalue weighted by molar-refractivity contribution is 6.34. The molecule has 0 spiro atoms. The number of benzene rings is 1. The zero-order chi connectivity index (χ0) is 13.7. The summed E-state index contributed by atoms with van der Waals surface area (Å²) >= 11 is 6.07. The van der Waals surface area contributed by atoms with Gasteiger partial charge in [-0.1, -0.05) is 35.9 Å². The van der Waals surface area contributed by atoms with Crippen molar-refractivity contribution in [2.45, 2.75) is 13.3 Å². The number of aromatic nitrogens is 1. The van der Waals surface area contributed by atoms with Crippen LogP contribution in [0.25, 0.3) is 0 Å². The standard InChI is InChI=1S/C15H14ClN3/c1-11-4-2-3-5-12(11)6-8-18-15-14(16)13(10-17)7-9-19-15/h2-5,7,9H,6,8H2,1H3,(H,18,19). The molecule has 1 aromatic carbocycles. The number of nitriles is 1. The fourth-order valence-electron chi connectivity index (χ4n) is 1.86. The van der Waals surface area contributed by atoms with Crippen LogP contribution in [0.4, 0.5) is 5.82 Å². The number of hydrogen-bond donors (Lipinski definition) is 1. The van der Waals surface area contributed by atoms with Crippen molar-refractivity contribution in [3.63, 3.8) is 0 Å². The van der Waals surface area contributed by atoms with Gasteiger partial charge in [-0.2, -0.15) is 5.26 Å². The summed E-state index contributed by atoms with van der Waals surface area (Å²) in [6.45, 7) is 2.82. The van der Waals surface area contributed by atoms with Gasteiger partial charge in [0.1, 0.15) is 16.9 Å². The molecule has 0 bridgehead atoms. The van der Waals surface area contributed by atoms with Crippen molar-refractivity contribution in [1.29, 1.82) is 5.26 Å². The van der Waals surface area contributed by atoms with Gasteiger partial charge in [0, 0.05) is 12.7 Å². The first-order chi connectivity index (χ1) is 9.22. The summed E-state index contributed by atoms with van der Waals surface area (Å²) in [7, 11) is 0. The molecule has 0 unspecified atom stereocenters. The number of nitrogens with one attached hydrogen (secondary N) is 1. The number of aryl methyl sites for hydroxylation is 1. The van der Waals surface area contributed by atoms with Gasteiger partial charge < -0.3 is 5.32 Å². The Labute approximate surface area is 117 Å². The molecule has 0 amide bonds. The van der Waals surface area contributed by atoms with Crippen LogP contribution in [0.15, 0.2) is 36.5 Å². The summed E-state index contributed by atoms with van der Waals surface area (Å²) in [6, 6.07) is 11.9. The first-order valence-electron chi connectivity index (χ1n) is 6.05. The summed E-state index contributed by atoms with van der Waals surface area (Å²) < 4.78 is 0. The van der Waals surface area contributed by atoms with Crippen molar-refractivity contribution in [3.05, 3.63) is 58.2 Å². The predicted octanol–water partition coefficient (Wildman–Crippen LogP) is 3.57. The van der Waals surface area contributed by atoms with E-state index in [2.05, 4.69) is 29.4 Å². The molecule has 0 saturated carbocycles. The highest BCUT2D eigenvalue weighted by Crippen LogP contribution is 2.22. The summed E-state index contributed by atoms with van der Waals surface area (Å²) in [5.41, 5.74) is 3.01. The normalized spacial score (nSPS) is 9.95. The van der Waals surface area contributed by atoms with E-state index in [-0.39, 0.29) is 0 Å². The smallest absolute Gasteiger partial charge is 0.146 e. The van der Waals surface area contributed by atoms with E-state index in [0.29, 0.717) is 16.4 Å². The van der Waals surface area contributed by atoms with Crippen LogP contribution in [0.2, 0.25) is 5.02 Å². The van der Waals surface area contributed by atoms with Crippen LogP contribution in [0.1, 0.15) is 16.7 Å². The van der Waals surface area contributed by atoms with E-state index < -0.39 is 0 Å². The monoisotopic (exact) mass is 271 g/mol. The van der Waals surface area contributed by atoms with E-state index in [4.69, 9.17) is 16.9 Å². The second-order valence-electron chi connectivity index (χ2n) is 4.24. The Morgan fingerprint density at radius 1 is 1.32 bits per heavy atom. The first kappa shape index (κ1) is 13.4. The Kier molecular flexibility index (Phi) is 4.38. The van der Waals surface area contributed by atoms with Crippen molar-refractivity contribution in [2.75, 3.05) is 11.9 Å². The molecule has 0 aliphatic heterocycles. The molecule has 19 heavy (non-hydrogen) atoms. The molecular formula is C15H14ClN3. The second-order valence-corrected chi connectivity index (χ2v) is 4.61. The van der Waals surface area contributed by atoms with Crippen LogP contribution in [0.5, 0.6) is 0 Å². The number of rotatable bonds is 4. The SMILES string of the molecule is Cc1ccccc1CCNc1nccc(C#N)c1Cl. The average molecular weight is 272 g/mol. The molecule has 0 aliphatic rings. The molecular weight excluding hydrogens is 258 g/mol. The molecule has 2 rings (SSSR count). The molecule has 2 aromatic rings. The fraction of sp³-hybridized carbons (Fsp3) is 0.200. The summed E-state index contributed by atoms with van der Waals surface area (Å²) in [5.74, 6) is 0.564. The minimum atomic E-state index is 0.384. The quantitative estimate of drug-likeness (QED) is 0.925. The molecule has 1 N–H and O–H groups in total. The van der Waals surface area contributed by atoms with Gasteiger partial charge in [0.2, 0.25) is 0 Å². The molecule has 0 aliphatic carbocycles. The maximum atomic E-state index is 8.89. The zero-order valence-electron chi connectivity index (χ0n) is 10.7. The highest BCUT2D eigenvalue weighted by Gasteiger charge is 2.06. The van der Waals surface area contributed by atoms with Gasteiger partial charge in [0.25, 0.3) is 0 Å². The predicted molar refractivity (Wildman–Crippen MR) is 77.3 cm³/mol. The van der Waals surface area contributed by atoms with Gasteiger partial charge >= 0.3 is 0 Å². The summed E-state index contributed by atoms with van der Waals surface area (Å²) in [5, 5.41) is 12.4. The molecule has 1 heterocycles. The third-order valence-electron chi connectivity index (χ3n) is 2.96. The largest absolute Gasteiger partial charge is 0.368 e. The lowest BCUT2D eigenvalue weighted by Crippen LogP contribution is -2.08. The van der Waals surface area contributed by atoms with E-state index in [9.17, 15) is 0 Å². The molecule has 1 aromatic heterocycles. The third kappa shape index (κ3) is 3.24. The van der Waals surface area contributed by atoms with E-state index in [0.717, 1.165) is 13.0 Å². The van der Waals surface area contributed by atoms with Crippen LogP contribution >= 0.6 is 11.6 Å². The van der Waals surface area contributed by atoms with Crippen molar-refractivity contribution in [1.82, 2.24) is 4.98 Å². The molecule has 0 atom stereocenters. The van der Waals surface area contributed by atoms with E-state index in [1.807, 2.05) is 18.2 Å². The second kappa shape index (κ2) is 6.21. The number of halogens is 1. The third-order valence-corrected chi connectivity index (χ3v) is 3.34. The topological polar surface area (TPSA) is 48.7 Å². The molecule has 0 fully saturated rings. The van der Waals surface area contributed by atoms with Gasteiger partial charge in [-0.05, 0) is 30.5 Å². The Morgan fingerprint density at radius 3 is 2.84 bits per heavy atom. The Bertz CT molecular complexity index is 617. The molecule has 3 nitrogen and oxygen atoms in total. The lowest BCUT2D eigenvalue weighted by molar-refractivity contribution is 0.993. The van der Waals surface area contributed by atoms with E-state index in [1.54, 1.807) is 12.3 Å². The van der Waals surface area contributed by atoms with Crippen molar-refractivity contribution >= 4 is 17.4 Å². The van der Waals surface area contributed by atoms with Crippen LogP contribution in [0, 0.1) is 18.3 Å². The summed E-state index contributed by atoms with van der Waals surface area (Å²) in [6.07, 6.45) is 2.47. The van der Waals surface area contributed by atoms with Gasteiger partial charge in [-0.25, -0.2) is 4.98 Å². The number of hydrogen-bond acceptors (Lipinski definition) is 3. The van der Waals surface area contributed by atoms with Gasteiger partial charge in [0.05, 0.1) is 5.56 Å². The van der Waals surface area contributed by atoms with E-state index >= 15 is 0 Å². The first-order valence-corrected chi connectivity index (χ1v) is 6.43. The number of pyridine rings is 1. The lowest BCUT2D eigenvalue weighted by atomic mass is 10.1. The minimum Gasteiger partial charge on any atom is -0.368 e. The van der Waals surface area contributed by atoms with Gasteiger partial charge in [0.15, 0.2) is 0 Å². The molecule has 0 radical (unpaired) electrons. The zero-order valence-corrected chi connectivity index (χ0v) is 11.4.